The Morgan fingerprint density at radius 3 is 1.27 bits per heavy atom. The number of hydrogen-bond acceptors (Lipinski definition) is 6. The summed E-state index contributed by atoms with van der Waals surface area (Å²) in [5, 5.41) is 21.3. The molecule has 0 amide bonds. The van der Waals surface area contributed by atoms with Gasteiger partial charge in [-0.2, -0.15) is 0 Å². The number of nitrogens with zero attached hydrogens (tertiary/aromatic N) is 2. The number of aromatic nitrogens is 2. The van der Waals surface area contributed by atoms with E-state index in [9.17, 15) is 10.2 Å². The number of rotatable bonds is 7. The Hall–Kier alpha value is -2.18. The first kappa shape index (κ1) is 20.1. The van der Waals surface area contributed by atoms with E-state index in [-0.39, 0.29) is 0 Å². The van der Waals surface area contributed by atoms with Crippen LogP contribution >= 0.6 is 0 Å². The second-order valence-electron chi connectivity index (χ2n) is 6.80. The highest BCUT2D eigenvalue weighted by Gasteiger charge is 2.30. The molecule has 0 atom stereocenters. The predicted molar refractivity (Wildman–Crippen MR) is 105 cm³/mol. The van der Waals surface area contributed by atoms with Gasteiger partial charge in [0.25, 0.3) is 0 Å². The Morgan fingerprint density at radius 2 is 1.04 bits per heavy atom. The van der Waals surface area contributed by atoms with Crippen LogP contribution in [0, 0.1) is 0 Å². The van der Waals surface area contributed by atoms with Gasteiger partial charge in [-0.3, -0.25) is 9.97 Å². The molecule has 0 aliphatic rings. The maximum Gasteiger partial charge on any atom is 0.108 e. The van der Waals surface area contributed by atoms with E-state index < -0.39 is 11.2 Å². The van der Waals surface area contributed by atoms with Crippen LogP contribution in [0.4, 0.5) is 11.4 Å². The van der Waals surface area contributed by atoms with Crippen molar-refractivity contribution in [2.45, 2.75) is 64.6 Å². The highest BCUT2D eigenvalue weighted by atomic mass is 16.3. The SMILES string of the molecule is CCC(O)(CC)c1ncc(-c2cnc(C(O)(CC)CC)c(N)c2)cc1N. The summed E-state index contributed by atoms with van der Waals surface area (Å²) in [6, 6.07) is 3.56. The molecule has 0 aromatic carbocycles. The first-order chi connectivity index (χ1) is 12.2. The quantitative estimate of drug-likeness (QED) is 0.603. The molecule has 0 saturated heterocycles. The van der Waals surface area contributed by atoms with Crippen molar-refractivity contribution in [1.29, 1.82) is 0 Å². The molecule has 6 nitrogen and oxygen atoms in total. The number of nitrogen functional groups attached to an aromatic ring is 2. The van der Waals surface area contributed by atoms with E-state index >= 15 is 0 Å². The summed E-state index contributed by atoms with van der Waals surface area (Å²) in [7, 11) is 0. The van der Waals surface area contributed by atoms with Crippen molar-refractivity contribution in [1.82, 2.24) is 9.97 Å². The Balaban J connectivity index is 2.44. The molecular formula is C20H30N4O2. The van der Waals surface area contributed by atoms with Gasteiger partial charge in [-0.1, -0.05) is 27.7 Å². The highest BCUT2D eigenvalue weighted by Crippen LogP contribution is 2.35. The zero-order valence-electron chi connectivity index (χ0n) is 16.1. The molecule has 0 aliphatic carbocycles. The lowest BCUT2D eigenvalue weighted by molar-refractivity contribution is 0.0245. The molecule has 6 heteroatoms. The second-order valence-corrected chi connectivity index (χ2v) is 6.80. The molecule has 2 heterocycles. The minimum Gasteiger partial charge on any atom is -0.397 e. The lowest BCUT2D eigenvalue weighted by Crippen LogP contribution is -2.26. The van der Waals surface area contributed by atoms with Crippen molar-refractivity contribution in [2.24, 2.45) is 0 Å². The van der Waals surface area contributed by atoms with E-state index in [0.29, 0.717) is 48.4 Å². The van der Waals surface area contributed by atoms with Gasteiger partial charge >= 0.3 is 0 Å². The smallest absolute Gasteiger partial charge is 0.108 e. The van der Waals surface area contributed by atoms with Crippen LogP contribution in [-0.2, 0) is 11.2 Å². The van der Waals surface area contributed by atoms with Crippen molar-refractivity contribution >= 4 is 11.4 Å². The molecule has 26 heavy (non-hydrogen) atoms. The molecule has 0 bridgehead atoms. The summed E-state index contributed by atoms with van der Waals surface area (Å²) in [4.78, 5) is 8.82. The maximum atomic E-state index is 10.7. The summed E-state index contributed by atoms with van der Waals surface area (Å²) in [6.07, 6.45) is 5.49. The van der Waals surface area contributed by atoms with Crippen LogP contribution in [0.5, 0.6) is 0 Å². The Bertz CT molecular complexity index is 703. The summed E-state index contributed by atoms with van der Waals surface area (Å²) in [6.45, 7) is 7.63. The lowest BCUT2D eigenvalue weighted by Gasteiger charge is -2.27. The summed E-state index contributed by atoms with van der Waals surface area (Å²) >= 11 is 0. The zero-order chi connectivity index (χ0) is 19.5. The third kappa shape index (κ3) is 3.52. The zero-order valence-corrected chi connectivity index (χ0v) is 16.1. The number of nitrogens with two attached hydrogens (primary N) is 2. The average molecular weight is 358 g/mol. The molecule has 142 valence electrons. The molecule has 0 fully saturated rings. The molecule has 0 unspecified atom stereocenters. The van der Waals surface area contributed by atoms with Crippen molar-refractivity contribution < 1.29 is 10.2 Å². The van der Waals surface area contributed by atoms with Gasteiger partial charge in [-0.05, 0) is 37.8 Å². The molecule has 2 aromatic heterocycles. The Kier molecular flexibility index (Phi) is 5.88. The van der Waals surface area contributed by atoms with Crippen LogP contribution in [0.1, 0.15) is 64.8 Å². The Morgan fingerprint density at radius 1 is 0.731 bits per heavy atom. The number of pyridine rings is 2. The van der Waals surface area contributed by atoms with E-state index in [2.05, 4.69) is 9.97 Å². The fourth-order valence-electron chi connectivity index (χ4n) is 3.23. The number of hydrogen-bond donors (Lipinski definition) is 4. The third-order valence-corrected chi connectivity index (χ3v) is 5.39. The molecule has 0 aliphatic heterocycles. The van der Waals surface area contributed by atoms with E-state index in [1.807, 2.05) is 27.7 Å². The number of anilines is 2. The summed E-state index contributed by atoms with van der Waals surface area (Å²) in [5.41, 5.74) is 13.7. The van der Waals surface area contributed by atoms with Crippen LogP contribution in [0.15, 0.2) is 24.5 Å². The summed E-state index contributed by atoms with van der Waals surface area (Å²) < 4.78 is 0. The number of aliphatic hydroxyl groups is 2. The largest absolute Gasteiger partial charge is 0.397 e. The van der Waals surface area contributed by atoms with Crippen molar-refractivity contribution in [3.8, 4) is 11.1 Å². The van der Waals surface area contributed by atoms with Crippen molar-refractivity contribution in [2.75, 3.05) is 11.5 Å². The molecule has 0 spiro atoms. The molecule has 0 radical (unpaired) electrons. The van der Waals surface area contributed by atoms with E-state index in [4.69, 9.17) is 11.5 Å². The van der Waals surface area contributed by atoms with Gasteiger partial charge in [0.15, 0.2) is 0 Å². The average Bonchev–Trinajstić information content (AvgIpc) is 2.66. The van der Waals surface area contributed by atoms with Crippen LogP contribution in [0.3, 0.4) is 0 Å². The fourth-order valence-corrected chi connectivity index (χ4v) is 3.23. The fraction of sp³-hybridized carbons (Fsp3) is 0.500. The molecule has 2 rings (SSSR count). The monoisotopic (exact) mass is 358 g/mol. The molecule has 6 N–H and O–H groups in total. The van der Waals surface area contributed by atoms with Gasteiger partial charge in [-0.15, -0.1) is 0 Å². The first-order valence-corrected chi connectivity index (χ1v) is 9.21. The first-order valence-electron chi connectivity index (χ1n) is 9.21. The topological polar surface area (TPSA) is 118 Å². The minimum atomic E-state index is -1.03. The predicted octanol–water partition coefficient (Wildman–Crippen LogP) is 3.32. The standard InChI is InChI=1S/C20H30N4O2/c1-5-19(25,6-2)17-15(21)9-13(11-23-17)14-10-16(22)18(24-12-14)20(26,7-3)8-4/h9-12,25-26H,5-8,21-22H2,1-4H3. The molecular weight excluding hydrogens is 328 g/mol. The van der Waals surface area contributed by atoms with E-state index in [1.165, 1.54) is 0 Å². The van der Waals surface area contributed by atoms with E-state index in [0.717, 1.165) is 11.1 Å². The van der Waals surface area contributed by atoms with Crippen LogP contribution in [0.2, 0.25) is 0 Å². The third-order valence-electron chi connectivity index (χ3n) is 5.39. The minimum absolute atomic E-state index is 0.440. The Labute approximate surface area is 155 Å². The van der Waals surface area contributed by atoms with Crippen LogP contribution < -0.4 is 11.5 Å². The van der Waals surface area contributed by atoms with Gasteiger partial charge in [-0.25, -0.2) is 0 Å². The lowest BCUT2D eigenvalue weighted by atomic mass is 9.90. The van der Waals surface area contributed by atoms with Gasteiger partial charge < -0.3 is 21.7 Å². The molecule has 2 aromatic rings. The summed E-state index contributed by atoms with van der Waals surface area (Å²) in [5.74, 6) is 0. The second kappa shape index (κ2) is 7.60. The van der Waals surface area contributed by atoms with Gasteiger partial charge in [0, 0.05) is 23.5 Å². The van der Waals surface area contributed by atoms with Gasteiger partial charge in [0.2, 0.25) is 0 Å². The van der Waals surface area contributed by atoms with Gasteiger partial charge in [0.05, 0.1) is 22.8 Å². The molecule has 0 saturated carbocycles. The highest BCUT2D eigenvalue weighted by molar-refractivity contribution is 5.70. The van der Waals surface area contributed by atoms with Crippen LogP contribution in [0.25, 0.3) is 11.1 Å². The van der Waals surface area contributed by atoms with Crippen LogP contribution in [-0.4, -0.2) is 20.2 Å². The maximum absolute atomic E-state index is 10.7. The van der Waals surface area contributed by atoms with E-state index in [1.54, 1.807) is 24.5 Å². The van der Waals surface area contributed by atoms with Crippen molar-refractivity contribution in [3.63, 3.8) is 0 Å². The van der Waals surface area contributed by atoms with Crippen molar-refractivity contribution in [3.05, 3.63) is 35.9 Å². The normalized spacial score (nSPS) is 12.4. The van der Waals surface area contributed by atoms with Gasteiger partial charge in [0.1, 0.15) is 11.2 Å².